The summed E-state index contributed by atoms with van der Waals surface area (Å²) in [5.74, 6) is 2.32. The molecule has 3 aliphatic rings. The molecule has 0 bridgehead atoms. The number of aryl methyl sites for hydroxylation is 1. The van der Waals surface area contributed by atoms with Crippen LogP contribution in [0.2, 0.25) is 0 Å². The Bertz CT molecular complexity index is 858. The molecule has 4 atom stereocenters. The second kappa shape index (κ2) is 6.99. The maximum absolute atomic E-state index is 12.7. The van der Waals surface area contributed by atoms with Crippen LogP contribution >= 0.6 is 0 Å². The predicted octanol–water partition coefficient (Wildman–Crippen LogP) is 2.12. The first kappa shape index (κ1) is 17.8. The lowest BCUT2D eigenvalue weighted by Crippen LogP contribution is -2.37. The van der Waals surface area contributed by atoms with Crippen LogP contribution in [0.4, 0.5) is 0 Å². The number of hydrogen-bond donors (Lipinski definition) is 0. The van der Waals surface area contributed by atoms with Crippen LogP contribution in [-0.4, -0.2) is 57.3 Å². The smallest absolute Gasteiger partial charge is 0.230 e. The van der Waals surface area contributed by atoms with Crippen molar-refractivity contribution >= 4 is 5.91 Å². The maximum atomic E-state index is 12.7. The minimum Gasteiger partial charge on any atom is -0.379 e. The van der Waals surface area contributed by atoms with Gasteiger partial charge < -0.3 is 14.2 Å². The number of fused-ring (bicyclic) bond motifs is 1. The highest BCUT2D eigenvalue weighted by atomic mass is 16.5. The number of rotatable bonds is 5. The van der Waals surface area contributed by atoms with Gasteiger partial charge >= 0.3 is 0 Å². The van der Waals surface area contributed by atoms with Gasteiger partial charge in [0.05, 0.1) is 30.0 Å². The van der Waals surface area contributed by atoms with Crippen LogP contribution in [-0.2, 0) is 16.0 Å². The molecular formula is C20H27N5O3. The molecule has 8 nitrogen and oxygen atoms in total. The van der Waals surface area contributed by atoms with Crippen molar-refractivity contribution in [1.82, 2.24) is 25.1 Å². The van der Waals surface area contributed by atoms with Gasteiger partial charge in [-0.15, -0.1) is 5.10 Å². The highest BCUT2D eigenvalue weighted by Crippen LogP contribution is 2.43. The van der Waals surface area contributed by atoms with Gasteiger partial charge in [0.15, 0.2) is 0 Å². The number of aromatic nitrogens is 4. The van der Waals surface area contributed by atoms with Crippen LogP contribution in [0.3, 0.4) is 0 Å². The van der Waals surface area contributed by atoms with E-state index in [0.29, 0.717) is 23.5 Å². The Balaban J connectivity index is 1.26. The zero-order chi connectivity index (χ0) is 19.3. The molecule has 2 aliphatic carbocycles. The van der Waals surface area contributed by atoms with Gasteiger partial charge in [-0.2, -0.15) is 0 Å². The number of nitrogens with zero attached hydrogens (tertiary/aromatic N) is 5. The van der Waals surface area contributed by atoms with E-state index in [1.54, 1.807) is 7.11 Å². The first-order valence-corrected chi connectivity index (χ1v) is 10.2. The van der Waals surface area contributed by atoms with E-state index < -0.39 is 0 Å². The summed E-state index contributed by atoms with van der Waals surface area (Å²) in [6.45, 7) is 3.47. The topological polar surface area (TPSA) is 86.3 Å². The minimum atomic E-state index is 0.113. The number of carbonyl (C=O) groups is 1. The van der Waals surface area contributed by atoms with Crippen LogP contribution in [0.15, 0.2) is 16.8 Å². The standard InChI is InChI=1S/C20H27N5O3/c1-12-5-16(28-22-12)8-20(26)24-9-14-6-18(19(27-2)7-15(14)10-24)25-11-17(21-23-25)13-3-4-13/h5,11,13-15,18-19H,3-4,6-10H2,1-2H3/t14-,15+,18-,19-/m1/s1. The molecule has 28 heavy (non-hydrogen) atoms. The molecule has 1 saturated heterocycles. The number of ether oxygens (including phenoxy) is 1. The van der Waals surface area contributed by atoms with E-state index in [0.717, 1.165) is 37.3 Å². The second-order valence-corrected chi connectivity index (χ2v) is 8.64. The molecule has 0 spiro atoms. The van der Waals surface area contributed by atoms with E-state index in [1.807, 2.05) is 22.6 Å². The van der Waals surface area contributed by atoms with Crippen LogP contribution in [0.25, 0.3) is 0 Å². The van der Waals surface area contributed by atoms with E-state index in [4.69, 9.17) is 9.26 Å². The van der Waals surface area contributed by atoms with Crippen molar-refractivity contribution < 1.29 is 14.1 Å². The molecule has 3 fully saturated rings. The summed E-state index contributed by atoms with van der Waals surface area (Å²) >= 11 is 0. The molecule has 1 amide bonds. The van der Waals surface area contributed by atoms with E-state index >= 15 is 0 Å². The summed E-state index contributed by atoms with van der Waals surface area (Å²) in [7, 11) is 1.78. The lowest BCUT2D eigenvalue weighted by molar-refractivity contribution is -0.130. The fourth-order valence-corrected chi connectivity index (χ4v) is 4.90. The Kier molecular flexibility index (Phi) is 4.45. The Morgan fingerprint density at radius 2 is 2.07 bits per heavy atom. The first-order valence-electron chi connectivity index (χ1n) is 10.2. The molecule has 0 unspecified atom stereocenters. The SMILES string of the molecule is CO[C@@H]1C[C@H]2CN(C(=O)Cc3cc(C)no3)C[C@H]2C[C@H]1n1cc(C2CC2)nn1. The van der Waals surface area contributed by atoms with Gasteiger partial charge in [0.1, 0.15) is 5.76 Å². The zero-order valence-electron chi connectivity index (χ0n) is 16.5. The summed E-state index contributed by atoms with van der Waals surface area (Å²) in [4.78, 5) is 14.7. The lowest BCUT2D eigenvalue weighted by atomic mass is 9.77. The summed E-state index contributed by atoms with van der Waals surface area (Å²) < 4.78 is 13.1. The van der Waals surface area contributed by atoms with Crippen LogP contribution in [0.5, 0.6) is 0 Å². The zero-order valence-corrected chi connectivity index (χ0v) is 16.5. The number of carbonyl (C=O) groups excluding carboxylic acids is 1. The molecule has 0 N–H and O–H groups in total. The largest absolute Gasteiger partial charge is 0.379 e. The van der Waals surface area contributed by atoms with Gasteiger partial charge in [0.2, 0.25) is 5.91 Å². The Labute approximate surface area is 164 Å². The van der Waals surface area contributed by atoms with E-state index in [9.17, 15) is 4.79 Å². The Hall–Kier alpha value is -2.22. The normalized spacial score (nSPS) is 29.9. The van der Waals surface area contributed by atoms with Crippen molar-refractivity contribution in [3.8, 4) is 0 Å². The molecular weight excluding hydrogens is 358 g/mol. The molecule has 150 valence electrons. The lowest BCUT2D eigenvalue weighted by Gasteiger charge is -2.36. The van der Waals surface area contributed by atoms with Crippen molar-refractivity contribution in [2.45, 2.75) is 57.1 Å². The quantitative estimate of drug-likeness (QED) is 0.784. The highest BCUT2D eigenvalue weighted by molar-refractivity contribution is 5.78. The fourth-order valence-electron chi connectivity index (χ4n) is 4.90. The summed E-state index contributed by atoms with van der Waals surface area (Å²) in [5, 5.41) is 12.7. The molecule has 2 aromatic heterocycles. The summed E-state index contributed by atoms with van der Waals surface area (Å²) in [6, 6.07) is 2.03. The first-order chi connectivity index (χ1) is 13.6. The Morgan fingerprint density at radius 3 is 2.75 bits per heavy atom. The minimum absolute atomic E-state index is 0.113. The van der Waals surface area contributed by atoms with Gasteiger partial charge in [-0.05, 0) is 44.4 Å². The van der Waals surface area contributed by atoms with Gasteiger partial charge in [-0.3, -0.25) is 4.79 Å². The average Bonchev–Trinajstić information content (AvgIpc) is 3.09. The van der Waals surface area contributed by atoms with E-state index in [2.05, 4.69) is 21.7 Å². The average molecular weight is 385 g/mol. The van der Waals surface area contributed by atoms with Crippen molar-refractivity contribution in [3.63, 3.8) is 0 Å². The molecule has 5 rings (SSSR count). The maximum Gasteiger partial charge on any atom is 0.230 e. The Morgan fingerprint density at radius 1 is 1.29 bits per heavy atom. The van der Waals surface area contributed by atoms with Crippen molar-refractivity contribution in [2.75, 3.05) is 20.2 Å². The third-order valence-electron chi connectivity index (χ3n) is 6.61. The number of hydrogen-bond acceptors (Lipinski definition) is 6. The van der Waals surface area contributed by atoms with E-state index in [-0.39, 0.29) is 24.5 Å². The highest BCUT2D eigenvalue weighted by Gasteiger charge is 2.45. The fraction of sp³-hybridized carbons (Fsp3) is 0.700. The van der Waals surface area contributed by atoms with Gasteiger partial charge in [0, 0.05) is 38.4 Å². The van der Waals surface area contributed by atoms with Gasteiger partial charge in [-0.1, -0.05) is 10.4 Å². The molecule has 0 radical (unpaired) electrons. The van der Waals surface area contributed by atoms with Gasteiger partial charge in [-0.25, -0.2) is 4.68 Å². The third-order valence-corrected chi connectivity index (χ3v) is 6.61. The molecule has 1 aliphatic heterocycles. The number of amides is 1. The van der Waals surface area contributed by atoms with Crippen LogP contribution < -0.4 is 0 Å². The monoisotopic (exact) mass is 385 g/mol. The van der Waals surface area contributed by atoms with Crippen LogP contribution in [0, 0.1) is 18.8 Å². The van der Waals surface area contributed by atoms with Crippen molar-refractivity contribution in [1.29, 1.82) is 0 Å². The van der Waals surface area contributed by atoms with Crippen LogP contribution in [0.1, 0.15) is 54.8 Å². The van der Waals surface area contributed by atoms with Gasteiger partial charge in [0.25, 0.3) is 0 Å². The number of methoxy groups -OCH3 is 1. The second-order valence-electron chi connectivity index (χ2n) is 8.64. The summed E-state index contributed by atoms with van der Waals surface area (Å²) in [6.07, 6.45) is 6.89. The molecule has 3 heterocycles. The number of likely N-dealkylation sites (tertiary alicyclic amines) is 1. The third kappa shape index (κ3) is 3.34. The summed E-state index contributed by atoms with van der Waals surface area (Å²) in [5.41, 5.74) is 1.92. The van der Waals surface area contributed by atoms with Crippen molar-refractivity contribution in [2.24, 2.45) is 11.8 Å². The van der Waals surface area contributed by atoms with E-state index in [1.165, 1.54) is 12.8 Å². The molecule has 2 aromatic rings. The molecule has 8 heteroatoms. The van der Waals surface area contributed by atoms with Crippen molar-refractivity contribution in [3.05, 3.63) is 29.4 Å². The predicted molar refractivity (Wildman–Crippen MR) is 99.6 cm³/mol. The molecule has 0 aromatic carbocycles. The molecule has 2 saturated carbocycles.